The highest BCUT2D eigenvalue weighted by molar-refractivity contribution is 6.34. The van der Waals surface area contributed by atoms with Gasteiger partial charge in [-0.25, -0.2) is 0 Å². The van der Waals surface area contributed by atoms with Crippen LogP contribution in [0.4, 0.5) is 11.8 Å². The number of anilines is 2. The van der Waals surface area contributed by atoms with Crippen molar-refractivity contribution in [2.75, 3.05) is 23.7 Å². The number of hydrogen-bond donors (Lipinski definition) is 2. The van der Waals surface area contributed by atoms with Crippen LogP contribution in [0.1, 0.15) is 25.3 Å². The van der Waals surface area contributed by atoms with Gasteiger partial charge in [-0.1, -0.05) is 29.8 Å². The fourth-order valence-corrected chi connectivity index (χ4v) is 3.42. The molecule has 0 saturated carbocycles. The highest BCUT2D eigenvalue weighted by Crippen LogP contribution is 2.32. The van der Waals surface area contributed by atoms with Crippen LogP contribution in [-0.4, -0.2) is 28.2 Å². The van der Waals surface area contributed by atoms with E-state index in [4.69, 9.17) is 23.1 Å². The first-order valence-corrected chi connectivity index (χ1v) is 8.75. The maximum Gasteiger partial charge on any atom is 0.264 e. The molecule has 0 atom stereocenters. The Bertz CT molecular complexity index is 865. The first-order valence-electron chi connectivity index (χ1n) is 8.37. The summed E-state index contributed by atoms with van der Waals surface area (Å²) in [5.41, 5.74) is 13.8. The second-order valence-corrected chi connectivity index (χ2v) is 7.49. The third-order valence-corrected chi connectivity index (χ3v) is 5.45. The zero-order chi connectivity index (χ0) is 18.4. The standard InChI is InChI=1S/C18H24ClN5O/c1-11-5-4-6-12(14(11)19)13-15(20)22-17(23(3)16(13)25)24-9-7-18(2,21)8-10-24/h4-6H,7-10,20-21H2,1-3H3. The second-order valence-electron chi connectivity index (χ2n) is 7.11. The second kappa shape index (κ2) is 6.35. The van der Waals surface area contributed by atoms with Crippen molar-refractivity contribution in [3.05, 3.63) is 39.1 Å². The SMILES string of the molecule is Cc1cccc(-c2c(N)nc(N3CCC(C)(N)CC3)n(C)c2=O)c1Cl. The van der Waals surface area contributed by atoms with Gasteiger partial charge >= 0.3 is 0 Å². The van der Waals surface area contributed by atoms with Crippen molar-refractivity contribution in [3.8, 4) is 11.1 Å². The molecule has 134 valence electrons. The van der Waals surface area contributed by atoms with Crippen LogP contribution < -0.4 is 21.9 Å². The number of piperidine rings is 1. The van der Waals surface area contributed by atoms with Gasteiger partial charge in [0.2, 0.25) is 5.95 Å². The molecule has 1 aromatic carbocycles. The molecule has 0 bridgehead atoms. The van der Waals surface area contributed by atoms with Crippen LogP contribution in [-0.2, 0) is 7.05 Å². The fraction of sp³-hybridized carbons (Fsp3) is 0.444. The molecule has 0 spiro atoms. The molecule has 6 nitrogen and oxygen atoms in total. The predicted octanol–water partition coefficient (Wildman–Crippen LogP) is 2.31. The summed E-state index contributed by atoms with van der Waals surface area (Å²) in [5.74, 6) is 0.775. The number of nitrogens with two attached hydrogens (primary N) is 2. The zero-order valence-corrected chi connectivity index (χ0v) is 15.6. The molecule has 1 aromatic heterocycles. The molecule has 0 radical (unpaired) electrons. The maximum absolute atomic E-state index is 13.0. The lowest BCUT2D eigenvalue weighted by atomic mass is 9.91. The summed E-state index contributed by atoms with van der Waals surface area (Å²) in [6.07, 6.45) is 1.68. The minimum atomic E-state index is -0.198. The van der Waals surface area contributed by atoms with Crippen LogP contribution in [0.5, 0.6) is 0 Å². The molecular formula is C18H24ClN5O. The largest absolute Gasteiger partial charge is 0.383 e. The first-order chi connectivity index (χ1) is 11.7. The summed E-state index contributed by atoms with van der Waals surface area (Å²) in [7, 11) is 1.72. The fourth-order valence-electron chi connectivity index (χ4n) is 3.20. The molecule has 0 unspecified atom stereocenters. The number of nitrogen functional groups attached to an aromatic ring is 1. The number of benzene rings is 1. The normalized spacial score (nSPS) is 16.9. The van der Waals surface area contributed by atoms with E-state index >= 15 is 0 Å². The predicted molar refractivity (Wildman–Crippen MR) is 103 cm³/mol. The summed E-state index contributed by atoms with van der Waals surface area (Å²) < 4.78 is 1.55. The average molecular weight is 362 g/mol. The highest BCUT2D eigenvalue weighted by atomic mass is 35.5. The van der Waals surface area contributed by atoms with E-state index in [1.165, 1.54) is 0 Å². The Balaban J connectivity index is 2.07. The van der Waals surface area contributed by atoms with Crippen LogP contribution in [0.2, 0.25) is 5.02 Å². The smallest absolute Gasteiger partial charge is 0.264 e. The van der Waals surface area contributed by atoms with E-state index in [1.54, 1.807) is 17.7 Å². The molecule has 2 heterocycles. The van der Waals surface area contributed by atoms with Crippen molar-refractivity contribution >= 4 is 23.4 Å². The first kappa shape index (κ1) is 17.8. The van der Waals surface area contributed by atoms with Crippen LogP contribution >= 0.6 is 11.6 Å². The molecule has 1 aliphatic rings. The van der Waals surface area contributed by atoms with Gasteiger partial charge < -0.3 is 16.4 Å². The van der Waals surface area contributed by atoms with Gasteiger partial charge in [-0.2, -0.15) is 4.98 Å². The van der Waals surface area contributed by atoms with Gasteiger partial charge in [0, 0.05) is 31.2 Å². The van der Waals surface area contributed by atoms with Crippen molar-refractivity contribution in [2.45, 2.75) is 32.2 Å². The van der Waals surface area contributed by atoms with Gasteiger partial charge in [-0.3, -0.25) is 9.36 Å². The molecule has 25 heavy (non-hydrogen) atoms. The number of halogens is 1. The molecule has 4 N–H and O–H groups in total. The van der Waals surface area contributed by atoms with Crippen molar-refractivity contribution in [2.24, 2.45) is 12.8 Å². The third-order valence-electron chi connectivity index (χ3n) is 4.94. The van der Waals surface area contributed by atoms with Gasteiger partial charge in [-0.15, -0.1) is 0 Å². The summed E-state index contributed by atoms with van der Waals surface area (Å²) in [5, 5.41) is 0.526. The average Bonchev–Trinajstić information content (AvgIpc) is 2.55. The number of nitrogens with zero attached hydrogens (tertiary/aromatic N) is 3. The van der Waals surface area contributed by atoms with E-state index in [9.17, 15) is 4.79 Å². The Morgan fingerprint density at radius 2 is 1.92 bits per heavy atom. The van der Waals surface area contributed by atoms with E-state index in [2.05, 4.69) is 9.88 Å². The lowest BCUT2D eigenvalue weighted by Gasteiger charge is -2.37. The third kappa shape index (κ3) is 3.24. The Labute approximate surface area is 152 Å². The van der Waals surface area contributed by atoms with Crippen LogP contribution in [0, 0.1) is 6.92 Å². The number of aromatic nitrogens is 2. The van der Waals surface area contributed by atoms with E-state index in [0.717, 1.165) is 31.5 Å². The van der Waals surface area contributed by atoms with E-state index in [0.29, 0.717) is 22.1 Å². The summed E-state index contributed by atoms with van der Waals surface area (Å²) >= 11 is 6.39. The highest BCUT2D eigenvalue weighted by Gasteiger charge is 2.28. The minimum absolute atomic E-state index is 0.171. The summed E-state index contributed by atoms with van der Waals surface area (Å²) in [6, 6.07) is 5.55. The molecule has 7 heteroatoms. The van der Waals surface area contributed by atoms with Crippen molar-refractivity contribution in [1.82, 2.24) is 9.55 Å². The quantitative estimate of drug-likeness (QED) is 0.856. The molecular weight excluding hydrogens is 338 g/mol. The van der Waals surface area contributed by atoms with Crippen LogP contribution in [0.25, 0.3) is 11.1 Å². The van der Waals surface area contributed by atoms with Gasteiger partial charge in [0.15, 0.2) is 0 Å². The van der Waals surface area contributed by atoms with Gasteiger partial charge in [0.05, 0.1) is 10.6 Å². The zero-order valence-electron chi connectivity index (χ0n) is 14.8. The number of hydrogen-bond acceptors (Lipinski definition) is 5. The molecule has 1 aliphatic heterocycles. The topological polar surface area (TPSA) is 90.2 Å². The van der Waals surface area contributed by atoms with E-state index < -0.39 is 0 Å². The Morgan fingerprint density at radius 3 is 2.56 bits per heavy atom. The van der Waals surface area contributed by atoms with Crippen molar-refractivity contribution in [3.63, 3.8) is 0 Å². The molecule has 3 rings (SSSR count). The Morgan fingerprint density at radius 1 is 1.28 bits per heavy atom. The lowest BCUT2D eigenvalue weighted by Crippen LogP contribution is -2.49. The molecule has 2 aromatic rings. The van der Waals surface area contributed by atoms with Gasteiger partial charge in [0.25, 0.3) is 5.56 Å². The maximum atomic E-state index is 13.0. The van der Waals surface area contributed by atoms with Crippen LogP contribution in [0.3, 0.4) is 0 Å². The van der Waals surface area contributed by atoms with E-state index in [1.807, 2.05) is 26.0 Å². The van der Waals surface area contributed by atoms with Crippen LogP contribution in [0.15, 0.2) is 23.0 Å². The molecule has 0 amide bonds. The van der Waals surface area contributed by atoms with Gasteiger partial charge in [0.1, 0.15) is 5.82 Å². The number of aryl methyl sites for hydroxylation is 1. The summed E-state index contributed by atoms with van der Waals surface area (Å²) in [4.78, 5) is 19.6. The lowest BCUT2D eigenvalue weighted by molar-refractivity contribution is 0.360. The molecule has 0 aliphatic carbocycles. The minimum Gasteiger partial charge on any atom is -0.383 e. The van der Waals surface area contributed by atoms with Crippen molar-refractivity contribution in [1.29, 1.82) is 0 Å². The monoisotopic (exact) mass is 361 g/mol. The van der Waals surface area contributed by atoms with Crippen molar-refractivity contribution < 1.29 is 0 Å². The summed E-state index contributed by atoms with van der Waals surface area (Å²) in [6.45, 7) is 5.44. The number of rotatable bonds is 2. The molecule has 1 fully saturated rings. The molecule has 1 saturated heterocycles. The van der Waals surface area contributed by atoms with Gasteiger partial charge in [-0.05, 0) is 32.3 Å². The van der Waals surface area contributed by atoms with E-state index in [-0.39, 0.29) is 16.9 Å². The Kier molecular flexibility index (Phi) is 4.51. The Hall–Kier alpha value is -2.05.